The van der Waals surface area contributed by atoms with Crippen molar-refractivity contribution in [2.45, 2.75) is 25.4 Å². The smallest absolute Gasteiger partial charge is 0.416 e. The molecule has 0 fully saturated rings. The molecule has 0 unspecified atom stereocenters. The van der Waals surface area contributed by atoms with Crippen molar-refractivity contribution in [3.8, 4) is 5.75 Å². The molecular formula is C23H21F3N2O2. The first-order chi connectivity index (χ1) is 14.4. The number of fused-ring (bicyclic) bond motifs is 1. The molecule has 30 heavy (non-hydrogen) atoms. The monoisotopic (exact) mass is 414 g/mol. The lowest BCUT2D eigenvalue weighted by Crippen LogP contribution is -2.25. The molecule has 4 nitrogen and oxygen atoms in total. The van der Waals surface area contributed by atoms with Crippen LogP contribution in [0.4, 0.5) is 13.2 Å². The van der Waals surface area contributed by atoms with E-state index in [0.717, 1.165) is 34.6 Å². The largest absolute Gasteiger partial charge is 0.492 e. The van der Waals surface area contributed by atoms with Crippen LogP contribution in [0.1, 0.15) is 33.9 Å². The number of hydrogen-bond donors (Lipinski definition) is 1. The predicted octanol–water partition coefficient (Wildman–Crippen LogP) is 4.58. The van der Waals surface area contributed by atoms with Crippen LogP contribution in [0.3, 0.4) is 0 Å². The fourth-order valence-electron chi connectivity index (χ4n) is 3.56. The Hall–Kier alpha value is -2.90. The number of hydrogen-bond acceptors (Lipinski definition) is 4. The van der Waals surface area contributed by atoms with Gasteiger partial charge in [-0.1, -0.05) is 24.3 Å². The average molecular weight is 414 g/mol. The van der Waals surface area contributed by atoms with Crippen molar-refractivity contribution in [3.63, 3.8) is 0 Å². The number of pyridine rings is 1. The highest BCUT2D eigenvalue weighted by Crippen LogP contribution is 2.31. The van der Waals surface area contributed by atoms with Crippen molar-refractivity contribution in [3.05, 3.63) is 94.8 Å². The summed E-state index contributed by atoms with van der Waals surface area (Å²) in [4.78, 5) is 6.17. The molecule has 1 aliphatic rings. The van der Waals surface area contributed by atoms with E-state index < -0.39 is 17.8 Å². The maximum Gasteiger partial charge on any atom is 0.416 e. The number of aliphatic hydroxyl groups excluding tert-OH is 1. The molecule has 156 valence electrons. The highest BCUT2D eigenvalue weighted by atomic mass is 19.4. The van der Waals surface area contributed by atoms with E-state index >= 15 is 0 Å². The van der Waals surface area contributed by atoms with Gasteiger partial charge in [0.15, 0.2) is 0 Å². The van der Waals surface area contributed by atoms with Crippen molar-refractivity contribution in [2.75, 3.05) is 13.2 Å². The number of nitrogens with zero attached hydrogens (tertiary/aromatic N) is 2. The second-order valence-corrected chi connectivity index (χ2v) is 7.31. The van der Waals surface area contributed by atoms with Gasteiger partial charge >= 0.3 is 6.18 Å². The van der Waals surface area contributed by atoms with E-state index in [0.29, 0.717) is 31.8 Å². The van der Waals surface area contributed by atoms with Gasteiger partial charge in [0.2, 0.25) is 0 Å². The number of benzene rings is 2. The van der Waals surface area contributed by atoms with Gasteiger partial charge in [0.25, 0.3) is 0 Å². The number of rotatable bonds is 4. The van der Waals surface area contributed by atoms with E-state index in [1.54, 1.807) is 18.5 Å². The minimum Gasteiger partial charge on any atom is -0.492 e. The molecule has 1 aromatic heterocycles. The highest BCUT2D eigenvalue weighted by Gasteiger charge is 2.30. The second kappa shape index (κ2) is 8.45. The minimum absolute atomic E-state index is 0.484. The fraction of sp³-hybridized carbons (Fsp3) is 0.261. The van der Waals surface area contributed by atoms with Crippen LogP contribution in [0.5, 0.6) is 5.75 Å². The summed E-state index contributed by atoms with van der Waals surface area (Å²) in [5, 5.41) is 10.7. The van der Waals surface area contributed by atoms with Gasteiger partial charge in [-0.3, -0.25) is 9.88 Å². The molecule has 0 saturated carbocycles. The van der Waals surface area contributed by atoms with Crippen LogP contribution >= 0.6 is 0 Å². The molecule has 4 rings (SSSR count). The van der Waals surface area contributed by atoms with Gasteiger partial charge in [-0.05, 0) is 41.5 Å². The van der Waals surface area contributed by atoms with Crippen LogP contribution in [0.2, 0.25) is 0 Å². The average Bonchev–Trinajstić information content (AvgIpc) is 2.94. The minimum atomic E-state index is -4.33. The summed E-state index contributed by atoms with van der Waals surface area (Å²) < 4.78 is 44.2. The molecule has 0 amide bonds. The summed E-state index contributed by atoms with van der Waals surface area (Å²) in [5.74, 6) is 0.757. The molecule has 2 heterocycles. The predicted molar refractivity (Wildman–Crippen MR) is 106 cm³/mol. The molecule has 2 aromatic carbocycles. The lowest BCUT2D eigenvalue weighted by Gasteiger charge is -2.20. The molecule has 7 heteroatoms. The number of ether oxygens (including phenoxy) is 1. The van der Waals surface area contributed by atoms with E-state index in [9.17, 15) is 18.3 Å². The third-order valence-corrected chi connectivity index (χ3v) is 5.15. The van der Waals surface area contributed by atoms with Gasteiger partial charge in [0.05, 0.1) is 5.56 Å². The second-order valence-electron chi connectivity index (χ2n) is 7.31. The maximum absolute atomic E-state index is 12.8. The summed E-state index contributed by atoms with van der Waals surface area (Å²) >= 11 is 0. The Balaban J connectivity index is 1.51. The van der Waals surface area contributed by atoms with Gasteiger partial charge in [-0.25, -0.2) is 0 Å². The van der Waals surface area contributed by atoms with Crippen LogP contribution in [0, 0.1) is 0 Å². The Kier molecular flexibility index (Phi) is 5.74. The van der Waals surface area contributed by atoms with Gasteiger partial charge in [-0.15, -0.1) is 0 Å². The van der Waals surface area contributed by atoms with E-state index in [4.69, 9.17) is 4.74 Å². The Labute approximate surface area is 172 Å². The molecule has 0 bridgehead atoms. The molecule has 0 spiro atoms. The molecule has 0 aliphatic carbocycles. The first-order valence-corrected chi connectivity index (χ1v) is 9.62. The first kappa shape index (κ1) is 20.4. The zero-order chi connectivity index (χ0) is 21.1. The summed E-state index contributed by atoms with van der Waals surface area (Å²) in [6.45, 7) is 2.22. The number of aromatic nitrogens is 1. The van der Waals surface area contributed by atoms with Gasteiger partial charge in [0, 0.05) is 43.2 Å². The highest BCUT2D eigenvalue weighted by molar-refractivity contribution is 5.41. The van der Waals surface area contributed by atoms with Crippen LogP contribution in [0.15, 0.2) is 67.0 Å². The lowest BCUT2D eigenvalue weighted by atomic mass is 10.00. The van der Waals surface area contributed by atoms with E-state index in [1.807, 2.05) is 24.3 Å². The topological polar surface area (TPSA) is 45.6 Å². The Morgan fingerprint density at radius 3 is 2.57 bits per heavy atom. The van der Waals surface area contributed by atoms with E-state index in [-0.39, 0.29) is 0 Å². The van der Waals surface area contributed by atoms with Crippen molar-refractivity contribution in [2.24, 2.45) is 0 Å². The molecule has 1 aliphatic heterocycles. The van der Waals surface area contributed by atoms with Gasteiger partial charge in [-0.2, -0.15) is 13.2 Å². The van der Waals surface area contributed by atoms with Crippen LogP contribution in [-0.4, -0.2) is 28.1 Å². The van der Waals surface area contributed by atoms with Gasteiger partial charge < -0.3 is 9.84 Å². The SMILES string of the molecule is O[C@@H](c1cccnc1)c1ccc2c(c1)CN(Cc1ccc(C(F)(F)F)cc1)CCO2. The quantitative estimate of drug-likeness (QED) is 0.679. The third kappa shape index (κ3) is 4.63. The number of halogens is 3. The van der Waals surface area contributed by atoms with Gasteiger partial charge in [0.1, 0.15) is 18.5 Å². The van der Waals surface area contributed by atoms with Crippen molar-refractivity contribution in [1.82, 2.24) is 9.88 Å². The molecule has 3 aromatic rings. The molecule has 0 saturated heterocycles. The van der Waals surface area contributed by atoms with Crippen molar-refractivity contribution >= 4 is 0 Å². The molecule has 0 radical (unpaired) electrons. The Morgan fingerprint density at radius 1 is 1.07 bits per heavy atom. The van der Waals surface area contributed by atoms with Crippen LogP contribution in [-0.2, 0) is 19.3 Å². The van der Waals surface area contributed by atoms with Crippen LogP contribution < -0.4 is 4.74 Å². The summed E-state index contributed by atoms with van der Waals surface area (Å²) in [6, 6.07) is 14.4. The van der Waals surface area contributed by atoms with Crippen LogP contribution in [0.25, 0.3) is 0 Å². The van der Waals surface area contributed by atoms with Crippen molar-refractivity contribution in [1.29, 1.82) is 0 Å². The zero-order valence-corrected chi connectivity index (χ0v) is 16.1. The first-order valence-electron chi connectivity index (χ1n) is 9.62. The lowest BCUT2D eigenvalue weighted by molar-refractivity contribution is -0.137. The molecule has 1 atom stereocenters. The third-order valence-electron chi connectivity index (χ3n) is 5.15. The Morgan fingerprint density at radius 2 is 1.87 bits per heavy atom. The zero-order valence-electron chi connectivity index (χ0n) is 16.1. The summed E-state index contributed by atoms with van der Waals surface area (Å²) in [6.07, 6.45) is -1.85. The maximum atomic E-state index is 12.8. The van der Waals surface area contributed by atoms with E-state index in [2.05, 4.69) is 9.88 Å². The number of aliphatic hydroxyl groups is 1. The number of alkyl halides is 3. The summed E-state index contributed by atoms with van der Waals surface area (Å²) in [5.41, 5.74) is 2.53. The fourth-order valence-corrected chi connectivity index (χ4v) is 3.56. The molecular weight excluding hydrogens is 393 g/mol. The Bertz CT molecular complexity index is 992. The van der Waals surface area contributed by atoms with Crippen molar-refractivity contribution < 1.29 is 23.0 Å². The normalized spacial score (nSPS) is 15.7. The standard InChI is InChI=1S/C23H21F3N2O2/c24-23(25,26)20-6-3-16(4-7-20)14-28-10-11-30-21-8-5-17(12-19(21)15-28)22(29)18-2-1-9-27-13-18/h1-9,12-13,22,29H,10-11,14-15H2/t22-/m1/s1. The summed E-state index contributed by atoms with van der Waals surface area (Å²) in [7, 11) is 0. The van der Waals surface area contributed by atoms with E-state index in [1.165, 1.54) is 12.1 Å². The molecule has 1 N–H and O–H groups in total.